The average Bonchev–Trinajstić information content (AvgIpc) is 2.75. The highest BCUT2D eigenvalue weighted by atomic mass is 79.9. The Hall–Kier alpha value is -3.12. The fourth-order valence-corrected chi connectivity index (χ4v) is 3.37. The molecular weight excluding hydrogens is 444 g/mol. The van der Waals surface area contributed by atoms with Gasteiger partial charge < -0.3 is 15.0 Å². The molecule has 0 bridgehead atoms. The predicted molar refractivity (Wildman–Crippen MR) is 122 cm³/mol. The number of anilines is 1. The molecule has 3 aromatic rings. The summed E-state index contributed by atoms with van der Waals surface area (Å²) in [5, 5.41) is 2.83. The van der Waals surface area contributed by atoms with Crippen LogP contribution in [0.4, 0.5) is 5.69 Å². The average molecular weight is 467 g/mol. The van der Waals surface area contributed by atoms with Crippen molar-refractivity contribution < 1.29 is 14.3 Å². The van der Waals surface area contributed by atoms with Crippen molar-refractivity contribution in [2.45, 2.75) is 6.42 Å². The summed E-state index contributed by atoms with van der Waals surface area (Å²) < 4.78 is 6.55. The third-order valence-corrected chi connectivity index (χ3v) is 5.08. The fraction of sp³-hybridized carbons (Fsp3) is 0.167. The van der Waals surface area contributed by atoms with Crippen LogP contribution in [0, 0.1) is 0 Å². The summed E-state index contributed by atoms with van der Waals surface area (Å²) in [6.45, 7) is 0.543. The third kappa shape index (κ3) is 5.70. The standard InChI is InChI=1S/C24H23BrN2O3/c1-27(2)24(29)19-9-6-10-20(15-19)26-23(28)18-11-12-22(21(25)16-18)30-14-13-17-7-4-3-5-8-17/h3-12,15-16H,13-14H2,1-2H3,(H,26,28). The molecule has 0 saturated heterocycles. The lowest BCUT2D eigenvalue weighted by molar-refractivity contribution is 0.0827. The van der Waals surface area contributed by atoms with Gasteiger partial charge in [0, 0.05) is 37.3 Å². The first-order valence-electron chi connectivity index (χ1n) is 9.53. The molecule has 30 heavy (non-hydrogen) atoms. The molecule has 0 atom stereocenters. The van der Waals surface area contributed by atoms with Crippen LogP contribution in [0.25, 0.3) is 0 Å². The molecule has 0 aliphatic heterocycles. The summed E-state index contributed by atoms with van der Waals surface area (Å²) in [4.78, 5) is 26.2. The predicted octanol–water partition coefficient (Wildman–Crippen LogP) is 5.02. The van der Waals surface area contributed by atoms with E-state index in [0.717, 1.165) is 6.42 Å². The Morgan fingerprint density at radius 3 is 2.40 bits per heavy atom. The van der Waals surface area contributed by atoms with E-state index in [-0.39, 0.29) is 11.8 Å². The normalized spacial score (nSPS) is 10.4. The molecule has 0 saturated carbocycles. The van der Waals surface area contributed by atoms with E-state index < -0.39 is 0 Å². The lowest BCUT2D eigenvalue weighted by Gasteiger charge is -2.12. The first-order chi connectivity index (χ1) is 14.4. The van der Waals surface area contributed by atoms with Crippen molar-refractivity contribution in [3.63, 3.8) is 0 Å². The Balaban J connectivity index is 1.62. The molecule has 0 heterocycles. The van der Waals surface area contributed by atoms with Gasteiger partial charge >= 0.3 is 0 Å². The Kier molecular flexibility index (Phi) is 7.25. The van der Waals surface area contributed by atoms with Crippen LogP contribution < -0.4 is 10.1 Å². The fourth-order valence-electron chi connectivity index (χ4n) is 2.87. The van der Waals surface area contributed by atoms with Crippen molar-refractivity contribution in [1.29, 1.82) is 0 Å². The maximum atomic E-state index is 12.6. The van der Waals surface area contributed by atoms with Gasteiger partial charge in [-0.1, -0.05) is 36.4 Å². The maximum Gasteiger partial charge on any atom is 0.255 e. The lowest BCUT2D eigenvalue weighted by atomic mass is 10.1. The van der Waals surface area contributed by atoms with Crippen molar-refractivity contribution in [1.82, 2.24) is 4.90 Å². The molecule has 5 nitrogen and oxygen atoms in total. The van der Waals surface area contributed by atoms with Crippen LogP contribution in [0.2, 0.25) is 0 Å². The number of carbonyl (C=O) groups is 2. The number of rotatable bonds is 7. The second-order valence-electron chi connectivity index (χ2n) is 6.96. The van der Waals surface area contributed by atoms with Crippen molar-refractivity contribution in [3.05, 3.63) is 94.0 Å². The molecule has 2 amide bonds. The molecule has 0 aliphatic carbocycles. The molecule has 0 radical (unpaired) electrons. The van der Waals surface area contributed by atoms with Gasteiger partial charge in [-0.05, 0) is 57.9 Å². The zero-order chi connectivity index (χ0) is 21.5. The largest absolute Gasteiger partial charge is 0.492 e. The number of carbonyl (C=O) groups excluding carboxylic acids is 2. The van der Waals surface area contributed by atoms with E-state index in [1.807, 2.05) is 18.2 Å². The minimum Gasteiger partial charge on any atom is -0.492 e. The minimum atomic E-state index is -0.263. The van der Waals surface area contributed by atoms with Gasteiger partial charge in [0.15, 0.2) is 0 Å². The summed E-state index contributed by atoms with van der Waals surface area (Å²) in [6.07, 6.45) is 0.803. The molecule has 6 heteroatoms. The number of hydrogen-bond donors (Lipinski definition) is 1. The molecule has 3 aromatic carbocycles. The van der Waals surface area contributed by atoms with Crippen LogP contribution in [-0.4, -0.2) is 37.4 Å². The Bertz CT molecular complexity index is 1040. The first kappa shape index (κ1) is 21.6. The quantitative estimate of drug-likeness (QED) is 0.531. The first-order valence-corrected chi connectivity index (χ1v) is 10.3. The highest BCUT2D eigenvalue weighted by Gasteiger charge is 2.12. The van der Waals surface area contributed by atoms with Crippen LogP contribution in [-0.2, 0) is 6.42 Å². The van der Waals surface area contributed by atoms with E-state index in [4.69, 9.17) is 4.74 Å². The second kappa shape index (κ2) is 10.1. The topological polar surface area (TPSA) is 58.6 Å². The Morgan fingerprint density at radius 1 is 0.933 bits per heavy atom. The molecule has 0 unspecified atom stereocenters. The summed E-state index contributed by atoms with van der Waals surface area (Å²) in [5.74, 6) is 0.299. The summed E-state index contributed by atoms with van der Waals surface area (Å²) in [5.41, 5.74) is 2.77. The number of amides is 2. The Labute approximate surface area is 184 Å². The van der Waals surface area contributed by atoms with Crippen LogP contribution in [0.15, 0.2) is 77.3 Å². The van der Waals surface area contributed by atoms with Gasteiger partial charge in [-0.25, -0.2) is 0 Å². The zero-order valence-corrected chi connectivity index (χ0v) is 18.5. The SMILES string of the molecule is CN(C)C(=O)c1cccc(NC(=O)c2ccc(OCCc3ccccc3)c(Br)c2)c1. The van der Waals surface area contributed by atoms with Gasteiger partial charge in [-0.3, -0.25) is 9.59 Å². The van der Waals surface area contributed by atoms with E-state index in [9.17, 15) is 9.59 Å². The summed E-state index contributed by atoms with van der Waals surface area (Å²) in [6, 6.07) is 22.2. The number of nitrogens with one attached hydrogen (secondary N) is 1. The molecule has 0 spiro atoms. The second-order valence-corrected chi connectivity index (χ2v) is 7.82. The van der Waals surface area contributed by atoms with Crippen molar-refractivity contribution in [2.24, 2.45) is 0 Å². The highest BCUT2D eigenvalue weighted by molar-refractivity contribution is 9.10. The van der Waals surface area contributed by atoms with Gasteiger partial charge in [0.05, 0.1) is 11.1 Å². The van der Waals surface area contributed by atoms with E-state index in [0.29, 0.717) is 33.6 Å². The van der Waals surface area contributed by atoms with Gasteiger partial charge in [0.25, 0.3) is 11.8 Å². The van der Waals surface area contributed by atoms with Crippen LogP contribution in [0.5, 0.6) is 5.75 Å². The number of hydrogen-bond acceptors (Lipinski definition) is 3. The lowest BCUT2D eigenvalue weighted by Crippen LogP contribution is -2.22. The van der Waals surface area contributed by atoms with Crippen LogP contribution >= 0.6 is 15.9 Å². The molecule has 1 N–H and O–H groups in total. The number of halogens is 1. The highest BCUT2D eigenvalue weighted by Crippen LogP contribution is 2.27. The molecule has 0 aromatic heterocycles. The molecular formula is C24H23BrN2O3. The van der Waals surface area contributed by atoms with Gasteiger partial charge in [0.1, 0.15) is 5.75 Å². The van der Waals surface area contributed by atoms with Crippen LogP contribution in [0.3, 0.4) is 0 Å². The third-order valence-electron chi connectivity index (χ3n) is 4.46. The molecule has 154 valence electrons. The van der Waals surface area contributed by atoms with Gasteiger partial charge in [0.2, 0.25) is 0 Å². The molecule has 0 fully saturated rings. The van der Waals surface area contributed by atoms with Gasteiger partial charge in [-0.15, -0.1) is 0 Å². The number of benzene rings is 3. The number of ether oxygens (including phenoxy) is 1. The Morgan fingerprint density at radius 2 is 1.70 bits per heavy atom. The smallest absolute Gasteiger partial charge is 0.255 e. The van der Waals surface area contributed by atoms with Crippen molar-refractivity contribution >= 4 is 33.4 Å². The van der Waals surface area contributed by atoms with E-state index in [1.165, 1.54) is 10.5 Å². The monoisotopic (exact) mass is 466 g/mol. The van der Waals surface area contributed by atoms with E-state index >= 15 is 0 Å². The van der Waals surface area contributed by atoms with E-state index in [1.54, 1.807) is 56.6 Å². The molecule has 0 aliphatic rings. The summed E-state index contributed by atoms with van der Waals surface area (Å²) >= 11 is 3.48. The minimum absolute atomic E-state index is 0.120. The van der Waals surface area contributed by atoms with Gasteiger partial charge in [-0.2, -0.15) is 0 Å². The maximum absolute atomic E-state index is 12.6. The molecule has 3 rings (SSSR count). The van der Waals surface area contributed by atoms with Crippen molar-refractivity contribution in [2.75, 3.05) is 26.0 Å². The van der Waals surface area contributed by atoms with E-state index in [2.05, 4.69) is 33.4 Å². The van der Waals surface area contributed by atoms with Crippen LogP contribution in [0.1, 0.15) is 26.3 Å². The zero-order valence-electron chi connectivity index (χ0n) is 16.9. The van der Waals surface area contributed by atoms with Crippen molar-refractivity contribution in [3.8, 4) is 5.75 Å². The summed E-state index contributed by atoms with van der Waals surface area (Å²) in [7, 11) is 3.38. The number of nitrogens with zero attached hydrogens (tertiary/aromatic N) is 1.